The van der Waals surface area contributed by atoms with Crippen LogP contribution in [0.4, 0.5) is 10.3 Å². The van der Waals surface area contributed by atoms with Crippen molar-refractivity contribution in [2.75, 3.05) is 31.2 Å². The van der Waals surface area contributed by atoms with Crippen LogP contribution in [0, 0.1) is 5.82 Å². The third kappa shape index (κ3) is 2.18. The minimum atomic E-state index is -0.311. The maximum Gasteiger partial charge on any atom is 0.226 e. The van der Waals surface area contributed by atoms with E-state index in [4.69, 9.17) is 4.74 Å². The number of anilines is 1. The first kappa shape index (κ1) is 11.8. The summed E-state index contributed by atoms with van der Waals surface area (Å²) in [7, 11) is 0. The zero-order valence-electron chi connectivity index (χ0n) is 9.57. The molecule has 2 heterocycles. The molecule has 0 bridgehead atoms. The van der Waals surface area contributed by atoms with Crippen LogP contribution in [0.3, 0.4) is 0 Å². The second-order valence-corrected chi connectivity index (χ2v) is 4.95. The Morgan fingerprint density at radius 1 is 1.28 bits per heavy atom. The molecule has 1 fully saturated rings. The number of hydrogen-bond acceptors (Lipinski definition) is 4. The fourth-order valence-corrected chi connectivity index (χ4v) is 2.29. The molecular formula is C12H11BrFN3O. The molecule has 0 unspecified atom stereocenters. The zero-order chi connectivity index (χ0) is 12.5. The molecule has 0 radical (unpaired) electrons. The van der Waals surface area contributed by atoms with Crippen LogP contribution in [-0.4, -0.2) is 36.3 Å². The van der Waals surface area contributed by atoms with Gasteiger partial charge < -0.3 is 9.64 Å². The highest BCUT2D eigenvalue weighted by Crippen LogP contribution is 2.23. The average molecular weight is 312 g/mol. The van der Waals surface area contributed by atoms with Gasteiger partial charge in [0.15, 0.2) is 0 Å². The van der Waals surface area contributed by atoms with Crippen LogP contribution in [0.25, 0.3) is 10.9 Å². The van der Waals surface area contributed by atoms with Crippen molar-refractivity contribution in [2.24, 2.45) is 0 Å². The first-order valence-corrected chi connectivity index (χ1v) is 6.48. The van der Waals surface area contributed by atoms with E-state index in [1.54, 1.807) is 12.3 Å². The van der Waals surface area contributed by atoms with Gasteiger partial charge >= 0.3 is 0 Å². The van der Waals surface area contributed by atoms with Crippen LogP contribution in [0.1, 0.15) is 0 Å². The molecule has 3 rings (SSSR count). The van der Waals surface area contributed by atoms with Crippen LogP contribution in [-0.2, 0) is 4.74 Å². The van der Waals surface area contributed by atoms with Crippen molar-refractivity contribution < 1.29 is 9.13 Å². The number of hydrogen-bond donors (Lipinski definition) is 0. The quantitative estimate of drug-likeness (QED) is 0.810. The van der Waals surface area contributed by atoms with E-state index >= 15 is 0 Å². The number of benzene rings is 1. The van der Waals surface area contributed by atoms with E-state index in [1.165, 1.54) is 6.07 Å². The lowest BCUT2D eigenvalue weighted by atomic mass is 10.2. The summed E-state index contributed by atoms with van der Waals surface area (Å²) in [5.41, 5.74) is 0.618. The Kier molecular flexibility index (Phi) is 3.13. The molecule has 1 aromatic heterocycles. The van der Waals surface area contributed by atoms with Crippen molar-refractivity contribution in [2.45, 2.75) is 0 Å². The van der Waals surface area contributed by atoms with Crippen LogP contribution >= 0.6 is 15.9 Å². The second kappa shape index (κ2) is 4.78. The molecule has 1 aliphatic rings. The van der Waals surface area contributed by atoms with Gasteiger partial charge in [0.05, 0.1) is 23.2 Å². The number of halogens is 2. The van der Waals surface area contributed by atoms with Crippen LogP contribution in [0.15, 0.2) is 22.8 Å². The zero-order valence-corrected chi connectivity index (χ0v) is 11.2. The van der Waals surface area contributed by atoms with Crippen LogP contribution in [0.5, 0.6) is 0 Å². The molecule has 1 aromatic carbocycles. The number of ether oxygens (including phenoxy) is 1. The highest BCUT2D eigenvalue weighted by molar-refractivity contribution is 9.10. The van der Waals surface area contributed by atoms with Gasteiger partial charge in [-0.1, -0.05) is 0 Å². The molecule has 0 N–H and O–H groups in total. The summed E-state index contributed by atoms with van der Waals surface area (Å²) in [6.45, 7) is 2.89. The Bertz CT molecular complexity index is 587. The van der Waals surface area contributed by atoms with E-state index in [2.05, 4.69) is 25.9 Å². The molecule has 0 spiro atoms. The summed E-state index contributed by atoms with van der Waals surface area (Å²) in [5, 5.41) is 0.820. The van der Waals surface area contributed by atoms with Gasteiger partial charge in [0.2, 0.25) is 5.95 Å². The van der Waals surface area contributed by atoms with E-state index in [0.29, 0.717) is 29.2 Å². The summed E-state index contributed by atoms with van der Waals surface area (Å²) >= 11 is 3.15. The summed E-state index contributed by atoms with van der Waals surface area (Å²) in [6, 6.07) is 3.11. The summed E-state index contributed by atoms with van der Waals surface area (Å²) in [4.78, 5) is 10.8. The van der Waals surface area contributed by atoms with Crippen molar-refractivity contribution in [3.63, 3.8) is 0 Å². The highest BCUT2D eigenvalue weighted by Gasteiger charge is 2.14. The third-order valence-corrected chi connectivity index (χ3v) is 3.51. The molecular weight excluding hydrogens is 301 g/mol. The Morgan fingerprint density at radius 2 is 2.06 bits per heavy atom. The molecule has 4 nitrogen and oxygen atoms in total. The monoisotopic (exact) mass is 311 g/mol. The Hall–Kier alpha value is -1.27. The summed E-state index contributed by atoms with van der Waals surface area (Å²) in [6.07, 6.45) is 1.72. The lowest BCUT2D eigenvalue weighted by molar-refractivity contribution is 0.122. The van der Waals surface area contributed by atoms with E-state index < -0.39 is 0 Å². The Balaban J connectivity index is 2.02. The Morgan fingerprint density at radius 3 is 2.83 bits per heavy atom. The molecule has 1 aliphatic heterocycles. The first-order chi connectivity index (χ1) is 8.74. The maximum atomic E-state index is 13.5. The van der Waals surface area contributed by atoms with E-state index in [1.807, 2.05) is 4.90 Å². The van der Waals surface area contributed by atoms with Gasteiger partial charge in [0.1, 0.15) is 5.82 Å². The van der Waals surface area contributed by atoms with Crippen molar-refractivity contribution >= 4 is 32.8 Å². The molecule has 0 saturated carbocycles. The fraction of sp³-hybridized carbons (Fsp3) is 0.333. The SMILES string of the molecule is Fc1cc2nc(N3CCOCC3)ncc2cc1Br. The lowest BCUT2D eigenvalue weighted by Gasteiger charge is -2.26. The summed E-state index contributed by atoms with van der Waals surface area (Å²) < 4.78 is 19.2. The summed E-state index contributed by atoms with van der Waals surface area (Å²) in [5.74, 6) is 0.321. The molecule has 0 atom stereocenters. The van der Waals surface area contributed by atoms with E-state index in [9.17, 15) is 4.39 Å². The fourth-order valence-electron chi connectivity index (χ4n) is 1.93. The molecule has 94 valence electrons. The number of nitrogens with zero attached hydrogens (tertiary/aromatic N) is 3. The topological polar surface area (TPSA) is 38.2 Å². The maximum absolute atomic E-state index is 13.5. The molecule has 0 aliphatic carbocycles. The molecule has 2 aromatic rings. The standard InChI is InChI=1S/C12H11BrFN3O/c13-9-5-8-7-15-12(16-11(8)6-10(9)14)17-1-3-18-4-2-17/h5-7H,1-4H2. The predicted octanol–water partition coefficient (Wildman–Crippen LogP) is 2.37. The first-order valence-electron chi connectivity index (χ1n) is 5.68. The van der Waals surface area contributed by atoms with Gasteiger partial charge in [-0.25, -0.2) is 14.4 Å². The highest BCUT2D eigenvalue weighted by atomic mass is 79.9. The minimum Gasteiger partial charge on any atom is -0.378 e. The van der Waals surface area contributed by atoms with Crippen LogP contribution < -0.4 is 4.90 Å². The lowest BCUT2D eigenvalue weighted by Crippen LogP contribution is -2.37. The molecule has 6 heteroatoms. The molecule has 0 amide bonds. The van der Waals surface area contributed by atoms with Crippen LogP contribution in [0.2, 0.25) is 0 Å². The molecule has 18 heavy (non-hydrogen) atoms. The van der Waals surface area contributed by atoms with Crippen molar-refractivity contribution in [3.05, 3.63) is 28.6 Å². The normalized spacial score (nSPS) is 16.2. The van der Waals surface area contributed by atoms with Gasteiger partial charge in [0, 0.05) is 30.7 Å². The Labute approximate surface area is 112 Å². The largest absolute Gasteiger partial charge is 0.378 e. The number of rotatable bonds is 1. The average Bonchev–Trinajstić information content (AvgIpc) is 2.41. The third-order valence-electron chi connectivity index (χ3n) is 2.90. The number of fused-ring (bicyclic) bond motifs is 1. The second-order valence-electron chi connectivity index (χ2n) is 4.09. The van der Waals surface area contributed by atoms with Gasteiger partial charge in [-0.15, -0.1) is 0 Å². The molecule has 1 saturated heterocycles. The van der Waals surface area contributed by atoms with Gasteiger partial charge in [-0.2, -0.15) is 0 Å². The van der Waals surface area contributed by atoms with Crippen molar-refractivity contribution in [1.29, 1.82) is 0 Å². The predicted molar refractivity (Wildman–Crippen MR) is 70.2 cm³/mol. The van der Waals surface area contributed by atoms with E-state index in [0.717, 1.165) is 18.5 Å². The van der Waals surface area contributed by atoms with Gasteiger partial charge in [-0.05, 0) is 22.0 Å². The number of morpholine rings is 1. The minimum absolute atomic E-state index is 0.311. The van der Waals surface area contributed by atoms with Crippen molar-refractivity contribution in [3.8, 4) is 0 Å². The smallest absolute Gasteiger partial charge is 0.226 e. The number of aromatic nitrogens is 2. The van der Waals surface area contributed by atoms with Gasteiger partial charge in [0.25, 0.3) is 0 Å². The van der Waals surface area contributed by atoms with Gasteiger partial charge in [-0.3, -0.25) is 0 Å². The van der Waals surface area contributed by atoms with Crippen molar-refractivity contribution in [1.82, 2.24) is 9.97 Å². The van der Waals surface area contributed by atoms with E-state index in [-0.39, 0.29) is 5.82 Å².